The molecular formula is C18H16ClFN6O. The van der Waals surface area contributed by atoms with Crippen molar-refractivity contribution in [2.75, 3.05) is 0 Å². The fourth-order valence-electron chi connectivity index (χ4n) is 2.91. The summed E-state index contributed by atoms with van der Waals surface area (Å²) in [5.74, 6) is 0.189. The summed E-state index contributed by atoms with van der Waals surface area (Å²) in [7, 11) is 0. The Morgan fingerprint density at radius 3 is 2.93 bits per heavy atom. The maximum atomic E-state index is 13.3. The molecule has 138 valence electrons. The number of H-pyrrole nitrogens is 1. The van der Waals surface area contributed by atoms with E-state index in [1.807, 2.05) is 13.0 Å². The molecule has 1 aromatic carbocycles. The van der Waals surface area contributed by atoms with E-state index in [9.17, 15) is 9.18 Å². The van der Waals surface area contributed by atoms with Crippen molar-refractivity contribution in [3.8, 4) is 11.4 Å². The van der Waals surface area contributed by atoms with Gasteiger partial charge in [0.25, 0.3) is 5.56 Å². The Balaban J connectivity index is 1.68. The molecule has 0 atom stereocenters. The van der Waals surface area contributed by atoms with Crippen molar-refractivity contribution in [1.82, 2.24) is 29.3 Å². The fourth-order valence-corrected chi connectivity index (χ4v) is 3.15. The average Bonchev–Trinajstić information content (AvgIpc) is 3.25. The van der Waals surface area contributed by atoms with Gasteiger partial charge in [-0.25, -0.2) is 9.37 Å². The molecule has 0 saturated carbocycles. The van der Waals surface area contributed by atoms with Crippen LogP contribution in [0, 0.1) is 5.82 Å². The first-order valence-electron chi connectivity index (χ1n) is 8.48. The summed E-state index contributed by atoms with van der Waals surface area (Å²) in [5, 5.41) is 4.40. The normalized spacial score (nSPS) is 11.4. The molecule has 0 spiro atoms. The molecule has 0 radical (unpaired) electrons. The van der Waals surface area contributed by atoms with Gasteiger partial charge in [-0.15, -0.1) is 0 Å². The molecule has 4 rings (SSSR count). The van der Waals surface area contributed by atoms with Crippen LogP contribution in [-0.4, -0.2) is 29.3 Å². The zero-order chi connectivity index (χ0) is 19.0. The molecule has 0 unspecified atom stereocenters. The van der Waals surface area contributed by atoms with E-state index in [4.69, 9.17) is 11.6 Å². The van der Waals surface area contributed by atoms with Crippen LogP contribution >= 0.6 is 11.6 Å². The van der Waals surface area contributed by atoms with Gasteiger partial charge < -0.3 is 4.98 Å². The summed E-state index contributed by atoms with van der Waals surface area (Å²) in [5.41, 5.74) is 1.82. The maximum absolute atomic E-state index is 13.3. The highest BCUT2D eigenvalue weighted by molar-refractivity contribution is 6.28. The minimum Gasteiger partial charge on any atom is -0.332 e. The number of nitrogens with zero attached hydrogens (tertiary/aromatic N) is 5. The molecule has 7 nitrogen and oxygen atoms in total. The van der Waals surface area contributed by atoms with Crippen LogP contribution in [0.15, 0.2) is 41.5 Å². The predicted octanol–water partition coefficient (Wildman–Crippen LogP) is 3.23. The van der Waals surface area contributed by atoms with E-state index >= 15 is 0 Å². The molecular weight excluding hydrogens is 371 g/mol. The summed E-state index contributed by atoms with van der Waals surface area (Å²) in [6.07, 6.45) is 4.17. The van der Waals surface area contributed by atoms with Crippen LogP contribution in [0.5, 0.6) is 0 Å². The van der Waals surface area contributed by atoms with Crippen molar-refractivity contribution in [1.29, 1.82) is 0 Å². The highest BCUT2D eigenvalue weighted by Crippen LogP contribution is 2.19. The number of aromatic amines is 1. The lowest BCUT2D eigenvalue weighted by Crippen LogP contribution is -2.22. The zero-order valence-corrected chi connectivity index (χ0v) is 15.2. The Morgan fingerprint density at radius 2 is 2.15 bits per heavy atom. The Labute approximate surface area is 158 Å². The van der Waals surface area contributed by atoms with Gasteiger partial charge in [-0.2, -0.15) is 10.1 Å². The second kappa shape index (κ2) is 6.96. The Kier molecular flexibility index (Phi) is 4.49. The molecule has 9 heteroatoms. The summed E-state index contributed by atoms with van der Waals surface area (Å²) in [6.45, 7) is 2.87. The largest absolute Gasteiger partial charge is 0.332 e. The molecule has 0 saturated heterocycles. The molecule has 0 amide bonds. The summed E-state index contributed by atoms with van der Waals surface area (Å²) in [6, 6.07) is 6.35. The van der Waals surface area contributed by atoms with E-state index in [0.717, 1.165) is 12.0 Å². The standard InChI is InChI=1S/C18H16ClFN6O/c1-2-6-26-17(27)14-16(24-18(26)19)23-15(22-14)12-8-21-25(10-12)9-11-4-3-5-13(20)7-11/h3-5,7-8,10H,2,6,9H2,1H3,(H,22,23). The third-order valence-electron chi connectivity index (χ3n) is 4.15. The van der Waals surface area contributed by atoms with Crippen LogP contribution in [0.3, 0.4) is 0 Å². The lowest BCUT2D eigenvalue weighted by molar-refractivity contribution is 0.619. The van der Waals surface area contributed by atoms with Gasteiger partial charge >= 0.3 is 0 Å². The number of fused-ring (bicyclic) bond motifs is 1. The highest BCUT2D eigenvalue weighted by Gasteiger charge is 2.15. The van der Waals surface area contributed by atoms with Crippen LogP contribution in [0.4, 0.5) is 4.39 Å². The van der Waals surface area contributed by atoms with Crippen LogP contribution in [0.2, 0.25) is 5.28 Å². The Bertz CT molecular complexity index is 1180. The molecule has 0 fully saturated rings. The highest BCUT2D eigenvalue weighted by atomic mass is 35.5. The molecule has 3 heterocycles. The first-order chi connectivity index (χ1) is 13.0. The van der Waals surface area contributed by atoms with Gasteiger partial charge in [-0.05, 0) is 35.7 Å². The second-order valence-electron chi connectivity index (χ2n) is 6.18. The minimum atomic E-state index is -0.288. The lowest BCUT2D eigenvalue weighted by atomic mass is 10.2. The number of halogens is 2. The molecule has 4 aromatic rings. The quantitative estimate of drug-likeness (QED) is 0.534. The van der Waals surface area contributed by atoms with Crippen molar-refractivity contribution in [2.45, 2.75) is 26.4 Å². The van der Waals surface area contributed by atoms with Gasteiger partial charge in [0.1, 0.15) is 11.6 Å². The topological polar surface area (TPSA) is 81.4 Å². The van der Waals surface area contributed by atoms with Gasteiger partial charge in [0, 0.05) is 12.7 Å². The SMILES string of the molecule is CCCn1c(Cl)nc2nc(-c3cnn(Cc4cccc(F)c4)c3)[nH]c2c1=O. The number of hydrogen-bond acceptors (Lipinski definition) is 4. The fraction of sp³-hybridized carbons (Fsp3) is 0.222. The Morgan fingerprint density at radius 1 is 1.30 bits per heavy atom. The Hall–Kier alpha value is -3.00. The van der Waals surface area contributed by atoms with E-state index < -0.39 is 0 Å². The van der Waals surface area contributed by atoms with Gasteiger partial charge in [0.2, 0.25) is 5.28 Å². The third kappa shape index (κ3) is 3.35. The van der Waals surface area contributed by atoms with Crippen LogP contribution in [0.25, 0.3) is 22.6 Å². The third-order valence-corrected chi connectivity index (χ3v) is 4.44. The van der Waals surface area contributed by atoms with E-state index in [2.05, 4.69) is 20.1 Å². The van der Waals surface area contributed by atoms with Crippen molar-refractivity contribution in [2.24, 2.45) is 0 Å². The first-order valence-corrected chi connectivity index (χ1v) is 8.86. The monoisotopic (exact) mass is 386 g/mol. The van der Waals surface area contributed by atoms with Gasteiger partial charge in [-0.3, -0.25) is 14.0 Å². The van der Waals surface area contributed by atoms with Crippen molar-refractivity contribution in [3.05, 3.63) is 63.7 Å². The maximum Gasteiger partial charge on any atom is 0.280 e. The van der Waals surface area contributed by atoms with Gasteiger partial charge in [-0.1, -0.05) is 19.1 Å². The summed E-state index contributed by atoms with van der Waals surface area (Å²) < 4.78 is 16.4. The second-order valence-corrected chi connectivity index (χ2v) is 6.52. The average molecular weight is 387 g/mol. The van der Waals surface area contributed by atoms with Gasteiger partial charge in [0.15, 0.2) is 11.2 Å². The van der Waals surface area contributed by atoms with Gasteiger partial charge in [0.05, 0.1) is 18.3 Å². The van der Waals surface area contributed by atoms with E-state index in [0.29, 0.717) is 30.0 Å². The van der Waals surface area contributed by atoms with Crippen LogP contribution < -0.4 is 5.56 Å². The minimum absolute atomic E-state index is 0.120. The first kappa shape index (κ1) is 17.4. The lowest BCUT2D eigenvalue weighted by Gasteiger charge is -2.04. The smallest absolute Gasteiger partial charge is 0.280 e. The number of imidazole rings is 1. The molecule has 0 aliphatic rings. The summed E-state index contributed by atoms with van der Waals surface area (Å²) in [4.78, 5) is 24.2. The number of rotatable bonds is 5. The van der Waals surface area contributed by atoms with Crippen molar-refractivity contribution in [3.63, 3.8) is 0 Å². The van der Waals surface area contributed by atoms with Crippen LogP contribution in [-0.2, 0) is 13.1 Å². The molecule has 0 aliphatic carbocycles. The van der Waals surface area contributed by atoms with Crippen molar-refractivity contribution >= 4 is 22.8 Å². The number of benzene rings is 1. The van der Waals surface area contributed by atoms with E-state index in [1.165, 1.54) is 16.7 Å². The molecule has 0 aliphatic heterocycles. The van der Waals surface area contributed by atoms with E-state index in [-0.39, 0.29) is 22.3 Å². The molecule has 1 N–H and O–H groups in total. The number of hydrogen-bond donors (Lipinski definition) is 1. The molecule has 3 aromatic heterocycles. The zero-order valence-electron chi connectivity index (χ0n) is 14.5. The number of aromatic nitrogens is 6. The van der Waals surface area contributed by atoms with Crippen molar-refractivity contribution < 1.29 is 4.39 Å². The molecule has 0 bridgehead atoms. The van der Waals surface area contributed by atoms with Crippen LogP contribution in [0.1, 0.15) is 18.9 Å². The summed E-state index contributed by atoms with van der Waals surface area (Å²) >= 11 is 6.10. The number of nitrogens with one attached hydrogen (secondary N) is 1. The predicted molar refractivity (Wildman–Crippen MR) is 100 cm³/mol. The molecule has 27 heavy (non-hydrogen) atoms. The van der Waals surface area contributed by atoms with E-state index in [1.54, 1.807) is 23.1 Å².